The molecule has 1 spiro atoms. The Bertz CT molecular complexity index is 799. The van der Waals surface area contributed by atoms with Gasteiger partial charge in [0.15, 0.2) is 0 Å². The van der Waals surface area contributed by atoms with Gasteiger partial charge in [0.2, 0.25) is 0 Å². The molecule has 1 atom stereocenters. The van der Waals surface area contributed by atoms with Crippen LogP contribution in [0.3, 0.4) is 0 Å². The highest BCUT2D eigenvalue weighted by molar-refractivity contribution is 5.70. The van der Waals surface area contributed by atoms with Crippen molar-refractivity contribution in [3.05, 3.63) is 23.9 Å². The van der Waals surface area contributed by atoms with Gasteiger partial charge in [0.1, 0.15) is 23.2 Å². The molecule has 4 heterocycles. The van der Waals surface area contributed by atoms with Crippen LogP contribution in [-0.4, -0.2) is 97.3 Å². The van der Waals surface area contributed by atoms with Crippen molar-refractivity contribution < 1.29 is 9.53 Å². The van der Waals surface area contributed by atoms with Gasteiger partial charge in [-0.05, 0) is 52.2 Å². The van der Waals surface area contributed by atoms with Crippen molar-refractivity contribution in [1.82, 2.24) is 19.7 Å². The maximum atomic E-state index is 12.5. The van der Waals surface area contributed by atoms with E-state index in [4.69, 9.17) is 10.00 Å². The van der Waals surface area contributed by atoms with Crippen molar-refractivity contribution in [3.63, 3.8) is 0 Å². The van der Waals surface area contributed by atoms with Crippen molar-refractivity contribution in [2.75, 3.05) is 64.8 Å². The minimum absolute atomic E-state index is 0.166. The van der Waals surface area contributed by atoms with E-state index in [-0.39, 0.29) is 11.7 Å². The summed E-state index contributed by atoms with van der Waals surface area (Å²) in [6.45, 7) is 6.32. The second-order valence-electron chi connectivity index (χ2n) is 9.01. The van der Waals surface area contributed by atoms with Crippen LogP contribution in [0.25, 0.3) is 0 Å². The molecule has 1 amide bonds. The fraction of sp³-hybridized carbons (Fsp3) is 0.682. The van der Waals surface area contributed by atoms with Crippen molar-refractivity contribution in [2.45, 2.75) is 37.3 Å². The topological polar surface area (TPSA) is 75.9 Å². The molecule has 1 aromatic heterocycles. The Morgan fingerprint density at radius 1 is 1.27 bits per heavy atom. The molecular weight excluding hydrogens is 380 g/mol. The number of rotatable bonds is 6. The predicted octanol–water partition coefficient (Wildman–Crippen LogP) is 1.77. The Hall–Kier alpha value is -2.37. The number of ether oxygens (including phenoxy) is 1. The lowest BCUT2D eigenvalue weighted by Gasteiger charge is -2.38. The Labute approximate surface area is 179 Å². The van der Waals surface area contributed by atoms with Gasteiger partial charge >= 0.3 is 6.09 Å². The molecule has 1 aromatic rings. The van der Waals surface area contributed by atoms with E-state index in [2.05, 4.69) is 39.8 Å². The third-order valence-electron chi connectivity index (χ3n) is 6.77. The molecule has 30 heavy (non-hydrogen) atoms. The number of piperidine rings is 1. The van der Waals surface area contributed by atoms with E-state index in [0.29, 0.717) is 18.3 Å². The van der Waals surface area contributed by atoms with Crippen LogP contribution in [0, 0.1) is 11.3 Å². The summed E-state index contributed by atoms with van der Waals surface area (Å²) in [5, 5.41) is 9.06. The zero-order valence-electron chi connectivity index (χ0n) is 18.1. The first-order valence-electron chi connectivity index (χ1n) is 11.0. The number of anilines is 1. The smallest absolute Gasteiger partial charge is 0.410 e. The minimum Gasteiger partial charge on any atom is -0.441 e. The van der Waals surface area contributed by atoms with Crippen molar-refractivity contribution >= 4 is 11.9 Å². The number of carbonyl (C=O) groups is 1. The lowest BCUT2D eigenvalue weighted by atomic mass is 9.91. The fourth-order valence-electron chi connectivity index (χ4n) is 4.85. The Balaban J connectivity index is 1.24. The highest BCUT2D eigenvalue weighted by Gasteiger charge is 2.46. The molecule has 0 radical (unpaired) electrons. The lowest BCUT2D eigenvalue weighted by molar-refractivity contribution is 0.0366. The van der Waals surface area contributed by atoms with Gasteiger partial charge in [-0.25, -0.2) is 9.78 Å². The van der Waals surface area contributed by atoms with Crippen molar-refractivity contribution in [1.29, 1.82) is 5.26 Å². The zero-order chi connectivity index (χ0) is 21.1. The average Bonchev–Trinajstić information content (AvgIpc) is 3.34. The van der Waals surface area contributed by atoms with Crippen molar-refractivity contribution in [3.8, 4) is 6.07 Å². The van der Waals surface area contributed by atoms with E-state index >= 15 is 0 Å². The van der Waals surface area contributed by atoms with Gasteiger partial charge in [0.05, 0.1) is 6.54 Å². The molecule has 162 valence electrons. The number of hydrogen-bond donors (Lipinski definition) is 0. The maximum Gasteiger partial charge on any atom is 0.410 e. The van der Waals surface area contributed by atoms with Gasteiger partial charge in [0, 0.05) is 45.1 Å². The van der Waals surface area contributed by atoms with Gasteiger partial charge in [0.25, 0.3) is 0 Å². The number of nitriles is 1. The normalized spacial score (nSPS) is 23.9. The molecule has 8 nitrogen and oxygen atoms in total. The van der Waals surface area contributed by atoms with Crippen LogP contribution in [0.5, 0.6) is 0 Å². The summed E-state index contributed by atoms with van der Waals surface area (Å²) in [5.74, 6) is 0.826. The van der Waals surface area contributed by atoms with Gasteiger partial charge in [-0.3, -0.25) is 0 Å². The van der Waals surface area contributed by atoms with Crippen LogP contribution >= 0.6 is 0 Å². The fourth-order valence-corrected chi connectivity index (χ4v) is 4.85. The number of carbonyl (C=O) groups excluding carboxylic acids is 1. The summed E-state index contributed by atoms with van der Waals surface area (Å²) >= 11 is 0. The summed E-state index contributed by atoms with van der Waals surface area (Å²) in [5.41, 5.74) is 0.0607. The molecule has 3 aliphatic heterocycles. The number of likely N-dealkylation sites (tertiary alicyclic amines) is 1. The van der Waals surface area contributed by atoms with Gasteiger partial charge in [-0.1, -0.05) is 6.07 Å². The molecule has 0 unspecified atom stereocenters. The lowest BCUT2D eigenvalue weighted by Crippen LogP contribution is -2.47. The monoisotopic (exact) mass is 412 g/mol. The number of likely N-dealkylation sites (N-methyl/N-ethyl adjacent to an activating group) is 1. The first-order chi connectivity index (χ1) is 14.5. The SMILES string of the molecule is CN(C)[C@@H]1CCN(CCCN2CC3(CCN(c4cccc(C#N)n4)CC3)OC2=O)C1. The molecule has 3 saturated heterocycles. The molecule has 0 aliphatic carbocycles. The Kier molecular flexibility index (Phi) is 6.11. The van der Waals surface area contributed by atoms with E-state index in [0.717, 1.165) is 64.3 Å². The number of pyridine rings is 1. The molecule has 4 rings (SSSR count). The first kappa shape index (κ1) is 20.9. The van der Waals surface area contributed by atoms with E-state index in [1.807, 2.05) is 17.0 Å². The van der Waals surface area contributed by atoms with E-state index < -0.39 is 0 Å². The molecule has 0 N–H and O–H groups in total. The van der Waals surface area contributed by atoms with Gasteiger partial charge in [-0.2, -0.15) is 5.26 Å². The second kappa shape index (κ2) is 8.78. The van der Waals surface area contributed by atoms with Crippen LogP contribution in [0.2, 0.25) is 0 Å². The van der Waals surface area contributed by atoms with Crippen LogP contribution in [0.1, 0.15) is 31.4 Å². The predicted molar refractivity (Wildman–Crippen MR) is 114 cm³/mol. The van der Waals surface area contributed by atoms with Crippen LogP contribution in [0.15, 0.2) is 18.2 Å². The molecule has 0 saturated carbocycles. The first-order valence-corrected chi connectivity index (χ1v) is 11.0. The van der Waals surface area contributed by atoms with Gasteiger partial charge < -0.3 is 24.3 Å². The Morgan fingerprint density at radius 2 is 2.07 bits per heavy atom. The average molecular weight is 413 g/mol. The van der Waals surface area contributed by atoms with Gasteiger partial charge in [-0.15, -0.1) is 0 Å². The largest absolute Gasteiger partial charge is 0.441 e. The molecule has 3 fully saturated rings. The summed E-state index contributed by atoms with van der Waals surface area (Å²) in [7, 11) is 4.30. The number of hydrogen-bond acceptors (Lipinski definition) is 7. The minimum atomic E-state index is -0.371. The second-order valence-corrected chi connectivity index (χ2v) is 9.01. The van der Waals surface area contributed by atoms with E-state index in [9.17, 15) is 4.79 Å². The number of nitrogens with zero attached hydrogens (tertiary/aromatic N) is 6. The van der Waals surface area contributed by atoms with Crippen LogP contribution < -0.4 is 4.90 Å². The summed E-state index contributed by atoms with van der Waals surface area (Å²) in [6.07, 6.45) is 3.64. The maximum absolute atomic E-state index is 12.5. The van der Waals surface area contributed by atoms with Crippen LogP contribution in [0.4, 0.5) is 10.6 Å². The third-order valence-corrected chi connectivity index (χ3v) is 6.77. The van der Waals surface area contributed by atoms with E-state index in [1.54, 1.807) is 6.07 Å². The third kappa shape index (κ3) is 4.52. The Morgan fingerprint density at radius 3 is 2.77 bits per heavy atom. The molecule has 8 heteroatoms. The zero-order valence-corrected chi connectivity index (χ0v) is 18.1. The molecule has 0 aromatic carbocycles. The number of aromatic nitrogens is 1. The highest BCUT2D eigenvalue weighted by atomic mass is 16.6. The standard InChI is InChI=1S/C22H32N6O2/c1-25(2)19-7-12-26(16-19)10-4-11-28-17-22(30-21(28)29)8-13-27(14-9-22)20-6-3-5-18(15-23)24-20/h3,5-6,19H,4,7-14,16-17H2,1-2H3/t19-/m1/s1. The molecule has 0 bridgehead atoms. The molecule has 3 aliphatic rings. The summed E-state index contributed by atoms with van der Waals surface area (Å²) < 4.78 is 5.87. The van der Waals surface area contributed by atoms with E-state index in [1.165, 1.54) is 6.42 Å². The highest BCUT2D eigenvalue weighted by Crippen LogP contribution is 2.34. The summed E-state index contributed by atoms with van der Waals surface area (Å²) in [4.78, 5) is 25.7. The van der Waals surface area contributed by atoms with Crippen LogP contribution in [-0.2, 0) is 4.74 Å². The van der Waals surface area contributed by atoms with Crippen molar-refractivity contribution in [2.24, 2.45) is 0 Å². The quantitative estimate of drug-likeness (QED) is 0.705. The molecular formula is C22H32N6O2. The number of amides is 1. The summed E-state index contributed by atoms with van der Waals surface area (Å²) in [6, 6.07) is 8.26.